The molecule has 2 N–H and O–H groups in total. The molecule has 1 aliphatic heterocycles. The Morgan fingerprint density at radius 2 is 2.23 bits per heavy atom. The Labute approximate surface area is 79.4 Å². The fraction of sp³-hybridized carbons (Fsp3) is 1.00. The van der Waals surface area contributed by atoms with Gasteiger partial charge in [0.1, 0.15) is 0 Å². The number of ether oxygens (including phenoxy) is 1. The number of hydrogen-bond donors (Lipinski definition) is 1. The topological polar surface area (TPSA) is 69.4 Å². The zero-order valence-electron chi connectivity index (χ0n) is 7.74. The highest BCUT2D eigenvalue weighted by Gasteiger charge is 2.22. The van der Waals surface area contributed by atoms with Gasteiger partial charge in [-0.05, 0) is 25.8 Å². The Bertz CT molecular complexity index is 232. The smallest absolute Gasteiger partial charge is 0.152 e. The van der Waals surface area contributed by atoms with Gasteiger partial charge in [0.2, 0.25) is 0 Å². The van der Waals surface area contributed by atoms with Crippen molar-refractivity contribution < 1.29 is 13.2 Å². The summed E-state index contributed by atoms with van der Waals surface area (Å²) in [5.41, 5.74) is 5.25. The van der Waals surface area contributed by atoms with E-state index in [0.29, 0.717) is 19.6 Å². The lowest BCUT2D eigenvalue weighted by Gasteiger charge is -2.09. The molecule has 0 aromatic carbocycles. The second-order valence-electron chi connectivity index (χ2n) is 3.39. The van der Waals surface area contributed by atoms with Crippen molar-refractivity contribution in [1.29, 1.82) is 0 Å². The van der Waals surface area contributed by atoms with Gasteiger partial charge in [0.05, 0.1) is 17.6 Å². The number of hydrogen-bond acceptors (Lipinski definition) is 4. The zero-order valence-corrected chi connectivity index (χ0v) is 8.55. The minimum absolute atomic E-state index is 0.0669. The van der Waals surface area contributed by atoms with E-state index in [1.165, 1.54) is 0 Å². The predicted molar refractivity (Wildman–Crippen MR) is 51.3 cm³/mol. The molecule has 0 aromatic heterocycles. The minimum Gasteiger partial charge on any atom is -0.377 e. The van der Waals surface area contributed by atoms with Crippen molar-refractivity contribution in [3.05, 3.63) is 0 Å². The third kappa shape index (κ3) is 4.06. The van der Waals surface area contributed by atoms with Crippen molar-refractivity contribution in [3.63, 3.8) is 0 Å². The first kappa shape index (κ1) is 10.9. The van der Waals surface area contributed by atoms with E-state index in [0.717, 1.165) is 12.8 Å². The number of rotatable bonds is 5. The quantitative estimate of drug-likeness (QED) is 0.685. The molecule has 0 saturated carbocycles. The van der Waals surface area contributed by atoms with E-state index < -0.39 is 9.84 Å². The van der Waals surface area contributed by atoms with Gasteiger partial charge >= 0.3 is 0 Å². The summed E-state index contributed by atoms with van der Waals surface area (Å²) < 4.78 is 28.1. The van der Waals surface area contributed by atoms with E-state index >= 15 is 0 Å². The first-order valence-electron chi connectivity index (χ1n) is 4.66. The van der Waals surface area contributed by atoms with Crippen molar-refractivity contribution in [3.8, 4) is 0 Å². The van der Waals surface area contributed by atoms with Crippen LogP contribution in [0, 0.1) is 0 Å². The average Bonchev–Trinajstić information content (AvgIpc) is 2.52. The maximum atomic E-state index is 11.4. The van der Waals surface area contributed by atoms with Crippen LogP contribution in [0.25, 0.3) is 0 Å². The molecule has 4 nitrogen and oxygen atoms in total. The molecular formula is C8H17NO3S. The van der Waals surface area contributed by atoms with E-state index in [-0.39, 0.29) is 17.6 Å². The predicted octanol–water partition coefficient (Wildman–Crippen LogP) is -0.0710. The molecule has 0 aliphatic carbocycles. The highest BCUT2D eigenvalue weighted by Crippen LogP contribution is 2.14. The Morgan fingerprint density at radius 3 is 2.77 bits per heavy atom. The summed E-state index contributed by atoms with van der Waals surface area (Å²) in [6, 6.07) is 0. The van der Waals surface area contributed by atoms with E-state index in [2.05, 4.69) is 0 Å². The van der Waals surface area contributed by atoms with Crippen LogP contribution in [0.5, 0.6) is 0 Å². The average molecular weight is 207 g/mol. The lowest BCUT2D eigenvalue weighted by Crippen LogP contribution is -2.23. The van der Waals surface area contributed by atoms with Crippen LogP contribution in [0.4, 0.5) is 0 Å². The summed E-state index contributed by atoms with van der Waals surface area (Å²) in [5, 5.41) is 0. The van der Waals surface area contributed by atoms with Crippen LogP contribution in [0.3, 0.4) is 0 Å². The van der Waals surface area contributed by atoms with Crippen LogP contribution in [-0.4, -0.2) is 39.2 Å². The molecule has 0 aromatic rings. The molecule has 1 fully saturated rings. The SMILES string of the molecule is NCCCS(=O)(=O)CC1CCCO1. The largest absolute Gasteiger partial charge is 0.377 e. The number of nitrogens with two attached hydrogens (primary N) is 1. The summed E-state index contributed by atoms with van der Waals surface area (Å²) in [5.74, 6) is 0.371. The Hall–Kier alpha value is -0.130. The van der Waals surface area contributed by atoms with Crippen LogP contribution in [0.15, 0.2) is 0 Å². The monoisotopic (exact) mass is 207 g/mol. The van der Waals surface area contributed by atoms with Gasteiger partial charge in [0, 0.05) is 6.61 Å². The molecule has 0 radical (unpaired) electrons. The van der Waals surface area contributed by atoms with Gasteiger partial charge in [-0.15, -0.1) is 0 Å². The summed E-state index contributed by atoms with van der Waals surface area (Å²) in [6.45, 7) is 1.14. The van der Waals surface area contributed by atoms with Gasteiger partial charge in [-0.1, -0.05) is 0 Å². The highest BCUT2D eigenvalue weighted by atomic mass is 32.2. The third-order valence-electron chi connectivity index (χ3n) is 2.12. The van der Waals surface area contributed by atoms with Gasteiger partial charge in [-0.25, -0.2) is 8.42 Å². The van der Waals surface area contributed by atoms with E-state index in [1.807, 2.05) is 0 Å². The molecule has 13 heavy (non-hydrogen) atoms. The molecule has 1 atom stereocenters. The van der Waals surface area contributed by atoms with Crippen LogP contribution in [0.2, 0.25) is 0 Å². The minimum atomic E-state index is -2.93. The molecule has 78 valence electrons. The second-order valence-corrected chi connectivity index (χ2v) is 5.62. The molecule has 0 spiro atoms. The third-order valence-corrected chi connectivity index (χ3v) is 3.91. The van der Waals surface area contributed by atoms with Gasteiger partial charge in [0.15, 0.2) is 9.84 Å². The first-order valence-corrected chi connectivity index (χ1v) is 6.48. The second kappa shape index (κ2) is 4.93. The van der Waals surface area contributed by atoms with Crippen molar-refractivity contribution in [2.75, 3.05) is 24.7 Å². The van der Waals surface area contributed by atoms with Gasteiger partial charge < -0.3 is 10.5 Å². The van der Waals surface area contributed by atoms with E-state index in [1.54, 1.807) is 0 Å². The lowest BCUT2D eigenvalue weighted by atomic mass is 10.3. The first-order chi connectivity index (χ1) is 6.14. The van der Waals surface area contributed by atoms with Crippen LogP contribution in [0.1, 0.15) is 19.3 Å². The summed E-state index contributed by atoms with van der Waals surface area (Å²) in [4.78, 5) is 0. The molecule has 0 bridgehead atoms. The molecule has 1 heterocycles. The lowest BCUT2D eigenvalue weighted by molar-refractivity contribution is 0.127. The van der Waals surface area contributed by atoms with Gasteiger partial charge in [-0.3, -0.25) is 0 Å². The fourth-order valence-electron chi connectivity index (χ4n) is 1.45. The Balaban J connectivity index is 2.32. The van der Waals surface area contributed by atoms with E-state index in [9.17, 15) is 8.42 Å². The maximum absolute atomic E-state index is 11.4. The Kier molecular flexibility index (Phi) is 4.15. The summed E-state index contributed by atoms with van der Waals surface area (Å²) >= 11 is 0. The molecule has 1 unspecified atom stereocenters. The molecule has 1 aliphatic rings. The van der Waals surface area contributed by atoms with Crippen LogP contribution >= 0.6 is 0 Å². The van der Waals surface area contributed by atoms with E-state index in [4.69, 9.17) is 10.5 Å². The highest BCUT2D eigenvalue weighted by molar-refractivity contribution is 7.91. The number of sulfone groups is 1. The molecular weight excluding hydrogens is 190 g/mol. The summed E-state index contributed by atoms with van der Waals surface area (Å²) in [7, 11) is -2.93. The fourth-order valence-corrected chi connectivity index (χ4v) is 3.05. The Morgan fingerprint density at radius 1 is 1.46 bits per heavy atom. The summed E-state index contributed by atoms with van der Waals surface area (Å²) in [6.07, 6.45) is 2.34. The molecule has 5 heteroatoms. The van der Waals surface area contributed by atoms with Crippen molar-refractivity contribution >= 4 is 9.84 Å². The maximum Gasteiger partial charge on any atom is 0.152 e. The van der Waals surface area contributed by atoms with Crippen LogP contribution < -0.4 is 5.73 Å². The normalized spacial score (nSPS) is 23.6. The van der Waals surface area contributed by atoms with Gasteiger partial charge in [0.25, 0.3) is 0 Å². The molecule has 0 amide bonds. The molecule has 1 saturated heterocycles. The van der Waals surface area contributed by atoms with Crippen molar-refractivity contribution in [2.24, 2.45) is 5.73 Å². The van der Waals surface area contributed by atoms with Crippen molar-refractivity contribution in [2.45, 2.75) is 25.4 Å². The van der Waals surface area contributed by atoms with Crippen LogP contribution in [-0.2, 0) is 14.6 Å². The zero-order chi connectivity index (χ0) is 9.73. The molecule has 1 rings (SSSR count). The van der Waals surface area contributed by atoms with Crippen molar-refractivity contribution in [1.82, 2.24) is 0 Å². The van der Waals surface area contributed by atoms with Gasteiger partial charge in [-0.2, -0.15) is 0 Å². The standard InChI is InChI=1S/C8H17NO3S/c9-4-2-6-13(10,11)7-8-3-1-5-12-8/h8H,1-7,9H2.